The van der Waals surface area contributed by atoms with Crippen molar-refractivity contribution in [3.8, 4) is 0 Å². The van der Waals surface area contributed by atoms with Crippen molar-refractivity contribution in [1.29, 1.82) is 0 Å². The molecule has 0 fully saturated rings. The van der Waals surface area contributed by atoms with Crippen molar-refractivity contribution in [3.05, 3.63) is 29.3 Å². The summed E-state index contributed by atoms with van der Waals surface area (Å²) in [4.78, 5) is 24.8. The summed E-state index contributed by atoms with van der Waals surface area (Å²) in [5.41, 5.74) is 0.829. The van der Waals surface area contributed by atoms with Crippen LogP contribution in [0.3, 0.4) is 0 Å². The van der Waals surface area contributed by atoms with Gasteiger partial charge in [0.2, 0.25) is 0 Å². The Morgan fingerprint density at radius 3 is 2.33 bits per heavy atom. The molecular formula is C16H20O4Se. The van der Waals surface area contributed by atoms with E-state index >= 15 is 0 Å². The van der Waals surface area contributed by atoms with E-state index < -0.39 is 17.4 Å². The van der Waals surface area contributed by atoms with Gasteiger partial charge in [-0.3, -0.25) is 0 Å². The molecule has 21 heavy (non-hydrogen) atoms. The van der Waals surface area contributed by atoms with Crippen molar-refractivity contribution in [1.82, 2.24) is 0 Å². The maximum atomic E-state index is 12.5. The van der Waals surface area contributed by atoms with Crippen LogP contribution in [0.5, 0.6) is 0 Å². The number of carbonyl (C=O) groups excluding carboxylic acids is 2. The Kier molecular flexibility index (Phi) is 5.33. The van der Waals surface area contributed by atoms with Gasteiger partial charge in [-0.15, -0.1) is 0 Å². The fourth-order valence-electron chi connectivity index (χ4n) is 2.45. The third-order valence-electron chi connectivity index (χ3n) is 3.67. The number of ketones is 2. The van der Waals surface area contributed by atoms with E-state index in [1.807, 2.05) is 12.1 Å². The number of ether oxygens (including phenoxy) is 2. The summed E-state index contributed by atoms with van der Waals surface area (Å²) in [7, 11) is 2.64. The van der Waals surface area contributed by atoms with E-state index in [-0.39, 0.29) is 0 Å². The second-order valence-electron chi connectivity index (χ2n) is 4.95. The van der Waals surface area contributed by atoms with Crippen LogP contribution in [-0.4, -0.2) is 46.5 Å². The molecule has 0 bridgehead atoms. The fourth-order valence-corrected chi connectivity index (χ4v) is 4.45. The molecule has 0 saturated carbocycles. The molecule has 0 atom stereocenters. The van der Waals surface area contributed by atoms with Crippen LogP contribution >= 0.6 is 0 Å². The van der Waals surface area contributed by atoms with Crippen LogP contribution in [0.2, 0.25) is 5.32 Å². The van der Waals surface area contributed by atoms with Gasteiger partial charge in [-0.25, -0.2) is 0 Å². The Bertz CT molecular complexity index is 549. The molecule has 0 aromatic heterocycles. The molecule has 0 spiro atoms. The van der Waals surface area contributed by atoms with Crippen molar-refractivity contribution < 1.29 is 19.1 Å². The molecule has 0 radical (unpaired) electrons. The molecule has 0 amide bonds. The average Bonchev–Trinajstić information content (AvgIpc) is 2.72. The normalized spacial score (nSPS) is 16.3. The third kappa shape index (κ3) is 2.84. The van der Waals surface area contributed by atoms with Gasteiger partial charge in [-0.05, 0) is 0 Å². The van der Waals surface area contributed by atoms with Gasteiger partial charge in [-0.2, -0.15) is 0 Å². The average molecular weight is 355 g/mol. The Morgan fingerprint density at radius 1 is 1.05 bits per heavy atom. The molecular weight excluding hydrogens is 335 g/mol. The van der Waals surface area contributed by atoms with Crippen LogP contribution in [0.25, 0.3) is 0 Å². The first-order valence-corrected chi connectivity index (χ1v) is 9.14. The van der Waals surface area contributed by atoms with E-state index in [2.05, 4.69) is 6.92 Å². The fraction of sp³-hybridized carbons (Fsp3) is 0.500. The van der Waals surface area contributed by atoms with Crippen LogP contribution in [0.15, 0.2) is 18.2 Å². The van der Waals surface area contributed by atoms with Crippen molar-refractivity contribution in [3.63, 3.8) is 0 Å². The molecule has 0 unspecified atom stereocenters. The molecule has 1 aromatic carbocycles. The number of unbranched alkanes of at least 4 members (excludes halogenated alkanes) is 2. The minimum absolute atomic E-state index is 0.332. The van der Waals surface area contributed by atoms with Crippen LogP contribution in [0, 0.1) is 0 Å². The summed E-state index contributed by atoms with van der Waals surface area (Å²) in [6, 6.07) is 5.50. The monoisotopic (exact) mass is 356 g/mol. The first kappa shape index (κ1) is 16.4. The molecule has 0 N–H and O–H groups in total. The van der Waals surface area contributed by atoms with Crippen molar-refractivity contribution in [2.75, 3.05) is 14.2 Å². The summed E-state index contributed by atoms with van der Waals surface area (Å²) < 4.78 is 11.3. The quantitative estimate of drug-likeness (QED) is 0.325. The molecule has 0 heterocycles. The number of benzene rings is 1. The summed E-state index contributed by atoms with van der Waals surface area (Å²) >= 11 is 0.332. The SMILES string of the molecule is CCCCC[Se]c1ccc2c(c1)C(=O)C(OC)(OC)C2=O. The predicted molar refractivity (Wildman–Crippen MR) is 81.6 cm³/mol. The van der Waals surface area contributed by atoms with E-state index in [0.29, 0.717) is 26.1 Å². The number of Topliss-reactive ketones (excluding diaryl/α,β-unsaturated/α-hetero) is 2. The summed E-state index contributed by atoms with van der Waals surface area (Å²) in [5.74, 6) is -2.58. The van der Waals surface area contributed by atoms with Gasteiger partial charge in [0.1, 0.15) is 0 Å². The van der Waals surface area contributed by atoms with Crippen molar-refractivity contribution >= 4 is 31.0 Å². The van der Waals surface area contributed by atoms with Crippen LogP contribution in [-0.2, 0) is 9.47 Å². The Balaban J connectivity index is 2.22. The molecule has 0 aliphatic heterocycles. The number of hydrogen-bond donors (Lipinski definition) is 0. The van der Waals surface area contributed by atoms with Gasteiger partial charge in [0.25, 0.3) is 0 Å². The second kappa shape index (κ2) is 6.84. The molecule has 1 aliphatic rings. The predicted octanol–water partition coefficient (Wildman–Crippen LogP) is 1.99. The van der Waals surface area contributed by atoms with E-state index in [1.165, 1.54) is 33.5 Å². The zero-order chi connectivity index (χ0) is 15.5. The molecule has 2 rings (SSSR count). The van der Waals surface area contributed by atoms with Gasteiger partial charge in [-0.1, -0.05) is 0 Å². The number of hydrogen-bond acceptors (Lipinski definition) is 4. The molecule has 4 nitrogen and oxygen atoms in total. The van der Waals surface area contributed by atoms with Gasteiger partial charge in [0, 0.05) is 0 Å². The molecule has 1 aromatic rings. The summed E-state index contributed by atoms with van der Waals surface area (Å²) in [6.45, 7) is 2.18. The maximum absolute atomic E-state index is 12.5. The third-order valence-corrected chi connectivity index (χ3v) is 5.94. The minimum atomic E-state index is -1.78. The van der Waals surface area contributed by atoms with Crippen molar-refractivity contribution in [2.45, 2.75) is 37.3 Å². The zero-order valence-electron chi connectivity index (χ0n) is 12.6. The van der Waals surface area contributed by atoms with Crippen LogP contribution in [0.4, 0.5) is 0 Å². The van der Waals surface area contributed by atoms with Crippen LogP contribution in [0.1, 0.15) is 46.9 Å². The molecule has 5 heteroatoms. The molecule has 1 aliphatic carbocycles. The van der Waals surface area contributed by atoms with E-state index in [4.69, 9.17) is 9.47 Å². The van der Waals surface area contributed by atoms with Gasteiger partial charge < -0.3 is 0 Å². The molecule has 0 saturated heterocycles. The summed E-state index contributed by atoms with van der Waals surface area (Å²) in [6.07, 6.45) is 3.65. The standard InChI is InChI=1S/C16H20O4Se/c1-4-5-6-9-21-11-7-8-12-13(10-11)15(18)16(19-2,20-3)14(12)17/h7-8,10H,4-6,9H2,1-3H3. The van der Waals surface area contributed by atoms with Gasteiger partial charge in [0.15, 0.2) is 0 Å². The Hall–Kier alpha value is -1.00. The first-order chi connectivity index (χ1) is 10.1. The number of fused-ring (bicyclic) bond motifs is 1. The van der Waals surface area contributed by atoms with E-state index in [9.17, 15) is 9.59 Å². The zero-order valence-corrected chi connectivity index (χ0v) is 14.3. The Morgan fingerprint density at radius 2 is 1.71 bits per heavy atom. The topological polar surface area (TPSA) is 52.6 Å². The van der Waals surface area contributed by atoms with Crippen molar-refractivity contribution in [2.24, 2.45) is 0 Å². The molecule has 114 valence electrons. The number of methoxy groups -OCH3 is 2. The van der Waals surface area contributed by atoms with Gasteiger partial charge >= 0.3 is 131 Å². The van der Waals surface area contributed by atoms with E-state index in [1.54, 1.807) is 6.07 Å². The summed E-state index contributed by atoms with van der Waals surface area (Å²) in [5, 5.41) is 1.15. The second-order valence-corrected chi connectivity index (χ2v) is 7.40. The van der Waals surface area contributed by atoms with Gasteiger partial charge in [0.05, 0.1) is 0 Å². The first-order valence-electron chi connectivity index (χ1n) is 7.07. The van der Waals surface area contributed by atoms with Crippen LogP contribution < -0.4 is 4.46 Å². The number of rotatable bonds is 7. The Labute approximate surface area is 131 Å². The number of carbonyl (C=O) groups is 2. The van der Waals surface area contributed by atoms with E-state index in [0.717, 1.165) is 9.78 Å².